The van der Waals surface area contributed by atoms with Gasteiger partial charge in [0.2, 0.25) is 5.82 Å². The van der Waals surface area contributed by atoms with Crippen LogP contribution in [-0.4, -0.2) is 46.1 Å². The van der Waals surface area contributed by atoms with Crippen LogP contribution in [0.5, 0.6) is 0 Å². The number of aryl methyl sites for hydroxylation is 1. The first-order valence-electron chi connectivity index (χ1n) is 6.01. The van der Waals surface area contributed by atoms with E-state index in [0.717, 1.165) is 0 Å². The summed E-state index contributed by atoms with van der Waals surface area (Å²) in [6.07, 6.45) is 0.585. The zero-order chi connectivity index (χ0) is 13.2. The topological polar surface area (TPSA) is 89.1 Å². The van der Waals surface area contributed by atoms with E-state index in [1.165, 1.54) is 0 Å². The van der Waals surface area contributed by atoms with Crippen LogP contribution in [0.4, 0.5) is 0 Å². The maximum atomic E-state index is 11.7. The number of hydrogen-bond donors (Lipinski definition) is 2. The van der Waals surface area contributed by atoms with Crippen molar-refractivity contribution in [1.82, 2.24) is 20.5 Å². The molecule has 0 bridgehead atoms. The summed E-state index contributed by atoms with van der Waals surface area (Å²) in [5.41, 5.74) is 0. The van der Waals surface area contributed by atoms with Crippen molar-refractivity contribution in [2.24, 2.45) is 0 Å². The zero-order valence-electron chi connectivity index (χ0n) is 10.8. The van der Waals surface area contributed by atoms with Crippen LogP contribution < -0.4 is 5.32 Å². The summed E-state index contributed by atoms with van der Waals surface area (Å²) in [5, 5.41) is 9.27. The first-order chi connectivity index (χ1) is 8.50. The van der Waals surface area contributed by atoms with Crippen molar-refractivity contribution < 1.29 is 14.3 Å². The third-order valence-electron chi connectivity index (χ3n) is 2.63. The third-order valence-corrected chi connectivity index (χ3v) is 2.63. The highest BCUT2D eigenvalue weighted by atomic mass is 16.7. The fraction of sp³-hybridized carbons (Fsp3) is 0.727. The minimum atomic E-state index is -0.574. The van der Waals surface area contributed by atoms with Crippen LogP contribution in [0.2, 0.25) is 0 Å². The quantitative estimate of drug-likeness (QED) is 0.804. The Kier molecular flexibility index (Phi) is 3.63. The zero-order valence-corrected chi connectivity index (χ0v) is 10.8. The van der Waals surface area contributed by atoms with Crippen LogP contribution in [-0.2, 0) is 15.9 Å². The van der Waals surface area contributed by atoms with Gasteiger partial charge in [0.15, 0.2) is 5.79 Å². The van der Waals surface area contributed by atoms with E-state index in [-0.39, 0.29) is 17.8 Å². The van der Waals surface area contributed by atoms with Gasteiger partial charge in [0.1, 0.15) is 11.9 Å². The summed E-state index contributed by atoms with van der Waals surface area (Å²) in [5.74, 6) is -0.0268. The molecular formula is C11H18N4O3. The second kappa shape index (κ2) is 5.03. The van der Waals surface area contributed by atoms with E-state index in [1.54, 1.807) is 0 Å². The van der Waals surface area contributed by atoms with Crippen LogP contribution in [0.15, 0.2) is 0 Å². The molecule has 0 aromatic carbocycles. The predicted octanol–water partition coefficient (Wildman–Crippen LogP) is 0.248. The summed E-state index contributed by atoms with van der Waals surface area (Å²) in [6.45, 7) is 6.49. The fourth-order valence-electron chi connectivity index (χ4n) is 1.70. The Morgan fingerprint density at radius 1 is 1.61 bits per heavy atom. The van der Waals surface area contributed by atoms with Gasteiger partial charge in [0.05, 0.1) is 6.61 Å². The van der Waals surface area contributed by atoms with E-state index in [1.807, 2.05) is 20.8 Å². The molecule has 1 unspecified atom stereocenters. The molecule has 1 aromatic heterocycles. The van der Waals surface area contributed by atoms with Crippen molar-refractivity contribution in [2.45, 2.75) is 39.1 Å². The van der Waals surface area contributed by atoms with E-state index in [0.29, 0.717) is 25.4 Å². The van der Waals surface area contributed by atoms with Gasteiger partial charge in [-0.25, -0.2) is 4.98 Å². The summed E-state index contributed by atoms with van der Waals surface area (Å²) >= 11 is 0. The number of aromatic amines is 1. The Balaban J connectivity index is 1.82. The highest BCUT2D eigenvalue weighted by Gasteiger charge is 2.32. The number of carbonyl (C=O) groups is 1. The molecule has 18 heavy (non-hydrogen) atoms. The standard InChI is InChI=1S/C11H18N4O3/c1-4-8-13-9(15-14-8)10(16)12-5-7-6-17-11(2,3)18-7/h7H,4-6H2,1-3H3,(H,12,16)(H,13,14,15). The Bertz CT molecular complexity index is 430. The fourth-order valence-corrected chi connectivity index (χ4v) is 1.70. The number of hydrogen-bond acceptors (Lipinski definition) is 5. The molecule has 1 aliphatic rings. The van der Waals surface area contributed by atoms with E-state index < -0.39 is 5.79 Å². The second-order valence-electron chi connectivity index (χ2n) is 4.62. The Morgan fingerprint density at radius 2 is 2.39 bits per heavy atom. The lowest BCUT2D eigenvalue weighted by Gasteiger charge is -2.17. The Hall–Kier alpha value is -1.47. The largest absolute Gasteiger partial charge is 0.348 e. The predicted molar refractivity (Wildman–Crippen MR) is 63.0 cm³/mol. The SMILES string of the molecule is CCc1nc(C(=O)NCC2COC(C)(C)O2)n[nH]1. The normalized spacial score (nSPS) is 22.1. The molecule has 100 valence electrons. The third kappa shape index (κ3) is 3.05. The number of H-pyrrole nitrogens is 1. The van der Waals surface area contributed by atoms with Crippen LogP contribution in [0.1, 0.15) is 37.2 Å². The van der Waals surface area contributed by atoms with Crippen molar-refractivity contribution in [3.05, 3.63) is 11.6 Å². The average Bonchev–Trinajstić information content (AvgIpc) is 2.92. The van der Waals surface area contributed by atoms with Gasteiger partial charge >= 0.3 is 0 Å². The molecule has 1 atom stereocenters. The van der Waals surface area contributed by atoms with E-state index >= 15 is 0 Å². The molecule has 1 aliphatic heterocycles. The van der Waals surface area contributed by atoms with Crippen molar-refractivity contribution in [3.8, 4) is 0 Å². The van der Waals surface area contributed by atoms with Crippen LogP contribution in [0.25, 0.3) is 0 Å². The number of amides is 1. The van der Waals surface area contributed by atoms with Crippen molar-refractivity contribution in [3.63, 3.8) is 0 Å². The van der Waals surface area contributed by atoms with Gasteiger partial charge in [0.25, 0.3) is 5.91 Å². The molecule has 2 rings (SSSR count). The second-order valence-corrected chi connectivity index (χ2v) is 4.62. The number of rotatable bonds is 4. The van der Waals surface area contributed by atoms with Gasteiger partial charge in [-0.2, -0.15) is 0 Å². The van der Waals surface area contributed by atoms with Crippen LogP contribution in [0, 0.1) is 0 Å². The average molecular weight is 254 g/mol. The first kappa shape index (κ1) is 13.0. The van der Waals surface area contributed by atoms with Crippen LogP contribution >= 0.6 is 0 Å². The summed E-state index contributed by atoms with van der Waals surface area (Å²) in [6, 6.07) is 0. The number of nitrogens with one attached hydrogen (secondary N) is 2. The first-order valence-corrected chi connectivity index (χ1v) is 6.01. The maximum absolute atomic E-state index is 11.7. The van der Waals surface area contributed by atoms with Gasteiger partial charge in [-0.15, -0.1) is 5.10 Å². The summed E-state index contributed by atoms with van der Waals surface area (Å²) in [7, 11) is 0. The highest BCUT2D eigenvalue weighted by molar-refractivity contribution is 5.90. The minimum absolute atomic E-state index is 0.131. The molecule has 1 amide bonds. The van der Waals surface area contributed by atoms with Gasteiger partial charge in [-0.3, -0.25) is 9.89 Å². The lowest BCUT2D eigenvalue weighted by molar-refractivity contribution is -0.137. The lowest BCUT2D eigenvalue weighted by Crippen LogP contribution is -2.35. The minimum Gasteiger partial charge on any atom is -0.348 e. The van der Waals surface area contributed by atoms with Crippen molar-refractivity contribution in [2.75, 3.05) is 13.2 Å². The summed E-state index contributed by atoms with van der Waals surface area (Å²) < 4.78 is 11.0. The van der Waals surface area contributed by atoms with E-state index in [2.05, 4.69) is 20.5 Å². The monoisotopic (exact) mass is 254 g/mol. The van der Waals surface area contributed by atoms with Gasteiger partial charge in [-0.1, -0.05) is 6.92 Å². The number of aromatic nitrogens is 3. The van der Waals surface area contributed by atoms with E-state index in [9.17, 15) is 4.79 Å². The van der Waals surface area contributed by atoms with Crippen molar-refractivity contribution >= 4 is 5.91 Å². The highest BCUT2D eigenvalue weighted by Crippen LogP contribution is 2.21. The molecule has 1 fully saturated rings. The summed E-state index contributed by atoms with van der Waals surface area (Å²) in [4.78, 5) is 15.8. The molecule has 0 saturated carbocycles. The smallest absolute Gasteiger partial charge is 0.291 e. The van der Waals surface area contributed by atoms with Gasteiger partial charge in [0, 0.05) is 13.0 Å². The molecule has 2 N–H and O–H groups in total. The lowest BCUT2D eigenvalue weighted by atomic mass is 10.3. The Labute approximate surface area is 105 Å². The maximum Gasteiger partial charge on any atom is 0.291 e. The Morgan fingerprint density at radius 3 is 2.94 bits per heavy atom. The molecule has 2 heterocycles. The van der Waals surface area contributed by atoms with E-state index in [4.69, 9.17) is 9.47 Å². The number of carbonyl (C=O) groups excluding carboxylic acids is 1. The number of nitrogens with zero attached hydrogens (tertiary/aromatic N) is 2. The van der Waals surface area contributed by atoms with Gasteiger partial charge in [-0.05, 0) is 13.8 Å². The molecule has 0 aliphatic carbocycles. The number of ether oxygens (including phenoxy) is 2. The molecular weight excluding hydrogens is 236 g/mol. The van der Waals surface area contributed by atoms with Crippen LogP contribution in [0.3, 0.4) is 0 Å². The molecule has 7 heteroatoms. The van der Waals surface area contributed by atoms with Gasteiger partial charge < -0.3 is 14.8 Å². The molecule has 1 aromatic rings. The molecule has 0 radical (unpaired) electrons. The molecule has 7 nitrogen and oxygen atoms in total. The molecule has 0 spiro atoms. The molecule has 1 saturated heterocycles. The van der Waals surface area contributed by atoms with Crippen molar-refractivity contribution in [1.29, 1.82) is 0 Å².